The molecule has 0 radical (unpaired) electrons. The number of nitrogens with zero attached hydrogens (tertiary/aromatic N) is 2. The lowest BCUT2D eigenvalue weighted by atomic mass is 10.2. The van der Waals surface area contributed by atoms with E-state index in [2.05, 4.69) is 12.2 Å². The van der Waals surface area contributed by atoms with Crippen molar-refractivity contribution in [1.29, 1.82) is 0 Å². The van der Waals surface area contributed by atoms with Crippen LogP contribution in [0.2, 0.25) is 0 Å². The van der Waals surface area contributed by atoms with Crippen LogP contribution in [0.3, 0.4) is 0 Å². The van der Waals surface area contributed by atoms with Crippen LogP contribution in [0.5, 0.6) is 0 Å². The minimum atomic E-state index is -3.63. The number of nitrogens with one attached hydrogen (secondary N) is 1. The Labute approximate surface area is 152 Å². The van der Waals surface area contributed by atoms with Gasteiger partial charge in [-0.25, -0.2) is 17.5 Å². The molecule has 1 heterocycles. The second kappa shape index (κ2) is 8.50. The fourth-order valence-electron chi connectivity index (χ4n) is 2.55. The molecule has 1 aromatic carbocycles. The number of sulfonamides is 1. The van der Waals surface area contributed by atoms with Gasteiger partial charge in [0.2, 0.25) is 15.9 Å². The van der Waals surface area contributed by atoms with Gasteiger partial charge in [0.05, 0.1) is 10.4 Å². The molecule has 0 aliphatic carbocycles. The van der Waals surface area contributed by atoms with Crippen molar-refractivity contribution in [2.45, 2.75) is 44.0 Å². The van der Waals surface area contributed by atoms with Crippen molar-refractivity contribution in [2.24, 2.45) is 0 Å². The Balaban J connectivity index is 2.15. The number of aromatic nitrogens is 1. The van der Waals surface area contributed by atoms with E-state index in [1.807, 2.05) is 0 Å². The van der Waals surface area contributed by atoms with E-state index in [1.54, 1.807) is 0 Å². The van der Waals surface area contributed by atoms with Gasteiger partial charge in [0.1, 0.15) is 6.54 Å². The van der Waals surface area contributed by atoms with Crippen LogP contribution in [0, 0.1) is 0 Å². The van der Waals surface area contributed by atoms with Gasteiger partial charge in [-0.3, -0.25) is 9.36 Å². The third-order valence-electron chi connectivity index (χ3n) is 4.07. The summed E-state index contributed by atoms with van der Waals surface area (Å²) in [6, 6.07) is 4.17. The number of hydrogen-bond donors (Lipinski definition) is 1. The van der Waals surface area contributed by atoms with Crippen molar-refractivity contribution in [2.75, 3.05) is 20.6 Å². The highest BCUT2D eigenvalue weighted by molar-refractivity contribution is 7.89. The number of hydrogen-bond acceptors (Lipinski definition) is 5. The summed E-state index contributed by atoms with van der Waals surface area (Å²) in [5, 5.41) is 2.78. The second-order valence-corrected chi connectivity index (χ2v) is 8.43. The van der Waals surface area contributed by atoms with Crippen LogP contribution >= 0.6 is 0 Å². The minimum absolute atomic E-state index is 0.0243. The first-order valence-electron chi connectivity index (χ1n) is 8.60. The second-order valence-electron chi connectivity index (χ2n) is 6.28. The predicted molar refractivity (Wildman–Crippen MR) is 98.5 cm³/mol. The zero-order valence-corrected chi connectivity index (χ0v) is 16.1. The number of carbonyl (C=O) groups excluding carboxylic acids is 1. The van der Waals surface area contributed by atoms with E-state index in [0.717, 1.165) is 30.0 Å². The van der Waals surface area contributed by atoms with Crippen LogP contribution < -0.4 is 11.1 Å². The Bertz CT molecular complexity index is 928. The molecule has 8 nitrogen and oxygen atoms in total. The number of rotatable bonds is 9. The number of benzene rings is 1. The third kappa shape index (κ3) is 4.53. The summed E-state index contributed by atoms with van der Waals surface area (Å²) in [5.74, 6) is -0.975. The molecule has 0 unspecified atom stereocenters. The van der Waals surface area contributed by atoms with E-state index < -0.39 is 15.8 Å². The SMILES string of the molecule is CCCCCCNC(=O)Cn1c(=O)oc2cc(S(=O)(=O)N(C)C)ccc21. The highest BCUT2D eigenvalue weighted by Gasteiger charge is 2.20. The number of amides is 1. The van der Waals surface area contributed by atoms with Crippen molar-refractivity contribution < 1.29 is 17.6 Å². The zero-order chi connectivity index (χ0) is 19.3. The van der Waals surface area contributed by atoms with Crippen molar-refractivity contribution >= 4 is 27.0 Å². The molecule has 0 atom stereocenters. The van der Waals surface area contributed by atoms with Crippen molar-refractivity contribution in [3.63, 3.8) is 0 Å². The van der Waals surface area contributed by atoms with E-state index in [4.69, 9.17) is 4.42 Å². The summed E-state index contributed by atoms with van der Waals surface area (Å²) in [7, 11) is -0.787. The standard InChI is InChI=1S/C17H25N3O5S/c1-4-5-6-7-10-18-16(21)12-20-14-9-8-13(26(23,24)19(2)3)11-15(14)25-17(20)22/h8-9,11H,4-7,10,12H2,1-3H3,(H,18,21). The fraction of sp³-hybridized carbons (Fsp3) is 0.529. The molecule has 0 spiro atoms. The summed E-state index contributed by atoms with van der Waals surface area (Å²) in [4.78, 5) is 24.1. The van der Waals surface area contributed by atoms with Crippen molar-refractivity contribution in [3.05, 3.63) is 28.7 Å². The minimum Gasteiger partial charge on any atom is -0.408 e. The van der Waals surface area contributed by atoms with E-state index in [-0.39, 0.29) is 22.9 Å². The van der Waals surface area contributed by atoms with Crippen LogP contribution in [0.4, 0.5) is 0 Å². The molecule has 0 saturated heterocycles. The predicted octanol–water partition coefficient (Wildman–Crippen LogP) is 1.54. The molecule has 9 heteroatoms. The van der Waals surface area contributed by atoms with E-state index >= 15 is 0 Å². The van der Waals surface area contributed by atoms with Gasteiger partial charge in [-0.15, -0.1) is 0 Å². The molecule has 0 saturated carbocycles. The molecule has 1 aromatic heterocycles. The van der Waals surface area contributed by atoms with E-state index in [0.29, 0.717) is 12.1 Å². The van der Waals surface area contributed by atoms with Gasteiger partial charge in [-0.2, -0.15) is 0 Å². The first-order valence-corrected chi connectivity index (χ1v) is 10.0. The summed E-state index contributed by atoms with van der Waals surface area (Å²) in [5.41, 5.74) is 0.516. The molecular formula is C17H25N3O5S. The maximum Gasteiger partial charge on any atom is 0.420 e. The Kier molecular flexibility index (Phi) is 6.60. The van der Waals surface area contributed by atoms with Crippen LogP contribution in [0.1, 0.15) is 32.6 Å². The molecule has 2 rings (SSSR count). The summed E-state index contributed by atoms with van der Waals surface area (Å²) in [6.07, 6.45) is 4.19. The van der Waals surface area contributed by atoms with Gasteiger partial charge in [-0.05, 0) is 18.6 Å². The third-order valence-corrected chi connectivity index (χ3v) is 5.88. The highest BCUT2D eigenvalue weighted by atomic mass is 32.2. The van der Waals surface area contributed by atoms with E-state index in [9.17, 15) is 18.0 Å². The largest absolute Gasteiger partial charge is 0.420 e. The Hall–Kier alpha value is -2.13. The number of unbranched alkanes of at least 4 members (excludes halogenated alkanes) is 3. The van der Waals surface area contributed by atoms with Crippen molar-refractivity contribution in [1.82, 2.24) is 14.2 Å². The lowest BCUT2D eigenvalue weighted by Gasteiger charge is -2.11. The first kappa shape index (κ1) is 20.2. The normalized spacial score (nSPS) is 12.0. The van der Waals surface area contributed by atoms with Crippen LogP contribution in [0.15, 0.2) is 32.3 Å². The summed E-state index contributed by atoms with van der Waals surface area (Å²) < 4.78 is 31.7. The van der Waals surface area contributed by atoms with Gasteiger partial charge in [-0.1, -0.05) is 26.2 Å². The molecule has 0 fully saturated rings. The highest BCUT2D eigenvalue weighted by Crippen LogP contribution is 2.20. The average Bonchev–Trinajstić information content (AvgIpc) is 2.89. The molecule has 0 bridgehead atoms. The summed E-state index contributed by atoms with van der Waals surface area (Å²) >= 11 is 0. The quantitative estimate of drug-likeness (QED) is 0.662. The maximum absolute atomic E-state index is 12.2. The molecule has 26 heavy (non-hydrogen) atoms. The van der Waals surface area contributed by atoms with Gasteiger partial charge in [0.25, 0.3) is 0 Å². The van der Waals surface area contributed by atoms with Crippen molar-refractivity contribution in [3.8, 4) is 0 Å². The van der Waals surface area contributed by atoms with Gasteiger partial charge < -0.3 is 9.73 Å². The maximum atomic E-state index is 12.2. The Morgan fingerprint density at radius 1 is 1.23 bits per heavy atom. The molecule has 1 N–H and O–H groups in total. The molecule has 0 aliphatic rings. The fourth-order valence-corrected chi connectivity index (χ4v) is 3.46. The molecular weight excluding hydrogens is 358 g/mol. The lowest BCUT2D eigenvalue weighted by Crippen LogP contribution is -2.31. The average molecular weight is 383 g/mol. The number of carbonyl (C=O) groups is 1. The molecule has 1 amide bonds. The number of oxazole rings is 1. The molecule has 0 aliphatic heterocycles. The van der Waals surface area contributed by atoms with Crippen LogP contribution in [0.25, 0.3) is 11.1 Å². The molecule has 144 valence electrons. The smallest absolute Gasteiger partial charge is 0.408 e. The van der Waals surface area contributed by atoms with Gasteiger partial charge in [0.15, 0.2) is 5.58 Å². The Morgan fingerprint density at radius 2 is 1.96 bits per heavy atom. The van der Waals surface area contributed by atoms with Crippen LogP contribution in [-0.4, -0.2) is 43.8 Å². The lowest BCUT2D eigenvalue weighted by molar-refractivity contribution is -0.121. The Morgan fingerprint density at radius 3 is 2.62 bits per heavy atom. The monoisotopic (exact) mass is 383 g/mol. The van der Waals surface area contributed by atoms with E-state index in [1.165, 1.54) is 36.9 Å². The van der Waals surface area contributed by atoms with Gasteiger partial charge >= 0.3 is 5.76 Å². The zero-order valence-electron chi connectivity index (χ0n) is 15.3. The summed E-state index contributed by atoms with van der Waals surface area (Å²) in [6.45, 7) is 2.51. The molecule has 2 aromatic rings. The van der Waals surface area contributed by atoms with Gasteiger partial charge in [0, 0.05) is 26.7 Å². The number of fused-ring (bicyclic) bond motifs is 1. The first-order chi connectivity index (χ1) is 12.3. The van der Waals surface area contributed by atoms with Crippen LogP contribution in [-0.2, 0) is 21.4 Å². The topological polar surface area (TPSA) is 102 Å².